The van der Waals surface area contributed by atoms with Crippen molar-refractivity contribution >= 4 is 0 Å². The minimum Gasteiger partial charge on any atom is -0.508 e. The number of aromatic hydroxyl groups is 1. The molecule has 0 unspecified atom stereocenters. The molecule has 15 heavy (non-hydrogen) atoms. The maximum atomic E-state index is 9.34. The number of phenols is 1. The van der Waals surface area contributed by atoms with Crippen LogP contribution in [0.2, 0.25) is 0 Å². The van der Waals surface area contributed by atoms with Crippen LogP contribution in [0.4, 0.5) is 0 Å². The molecule has 2 nitrogen and oxygen atoms in total. The van der Waals surface area contributed by atoms with Crippen molar-refractivity contribution in [2.45, 2.75) is 0 Å². The Hall–Kier alpha value is -1.96. The van der Waals surface area contributed by atoms with Crippen molar-refractivity contribution in [2.24, 2.45) is 0 Å². The van der Waals surface area contributed by atoms with Crippen LogP contribution >= 0.6 is 0 Å². The summed E-state index contributed by atoms with van der Waals surface area (Å²) < 4.78 is 5.22. The first kappa shape index (κ1) is 9.59. The second-order valence-electron chi connectivity index (χ2n) is 3.25. The zero-order valence-corrected chi connectivity index (χ0v) is 8.47. The van der Waals surface area contributed by atoms with E-state index in [1.165, 1.54) is 0 Å². The van der Waals surface area contributed by atoms with Crippen LogP contribution in [-0.4, -0.2) is 12.2 Å². The SMILES string of the molecule is COc1cc(O)ccc1-c1ccccc1. The van der Waals surface area contributed by atoms with Crippen LogP contribution in [-0.2, 0) is 0 Å². The first-order chi connectivity index (χ1) is 7.31. The molecule has 0 aromatic heterocycles. The molecule has 2 aromatic carbocycles. The molecule has 0 spiro atoms. The molecule has 0 saturated heterocycles. The van der Waals surface area contributed by atoms with Gasteiger partial charge in [-0.3, -0.25) is 0 Å². The van der Waals surface area contributed by atoms with E-state index < -0.39 is 0 Å². The number of phenolic OH excluding ortho intramolecular Hbond substituents is 1. The highest BCUT2D eigenvalue weighted by Crippen LogP contribution is 2.32. The Morgan fingerprint density at radius 1 is 1.00 bits per heavy atom. The molecule has 0 aliphatic rings. The number of hydrogen-bond acceptors (Lipinski definition) is 2. The second-order valence-corrected chi connectivity index (χ2v) is 3.25. The fourth-order valence-corrected chi connectivity index (χ4v) is 1.54. The molecule has 0 atom stereocenters. The number of rotatable bonds is 2. The Bertz CT molecular complexity index is 449. The lowest BCUT2D eigenvalue weighted by atomic mass is 10.0. The van der Waals surface area contributed by atoms with Gasteiger partial charge < -0.3 is 9.84 Å². The van der Waals surface area contributed by atoms with Gasteiger partial charge in [-0.15, -0.1) is 0 Å². The van der Waals surface area contributed by atoms with Crippen LogP contribution in [0, 0.1) is 0 Å². The fourth-order valence-electron chi connectivity index (χ4n) is 1.54. The summed E-state index contributed by atoms with van der Waals surface area (Å²) in [6.07, 6.45) is 0. The highest BCUT2D eigenvalue weighted by molar-refractivity contribution is 5.71. The Morgan fingerprint density at radius 3 is 2.40 bits per heavy atom. The van der Waals surface area contributed by atoms with E-state index in [9.17, 15) is 5.11 Å². The lowest BCUT2D eigenvalue weighted by Crippen LogP contribution is -1.87. The summed E-state index contributed by atoms with van der Waals surface area (Å²) in [6.45, 7) is 0. The highest BCUT2D eigenvalue weighted by Gasteiger charge is 2.05. The van der Waals surface area contributed by atoms with Gasteiger partial charge in [-0.2, -0.15) is 0 Å². The minimum atomic E-state index is 0.214. The van der Waals surface area contributed by atoms with E-state index in [1.54, 1.807) is 19.2 Å². The topological polar surface area (TPSA) is 29.5 Å². The van der Waals surface area contributed by atoms with Crippen LogP contribution < -0.4 is 4.74 Å². The van der Waals surface area contributed by atoms with E-state index in [0.717, 1.165) is 11.1 Å². The lowest BCUT2D eigenvalue weighted by molar-refractivity contribution is 0.409. The number of methoxy groups -OCH3 is 1. The molecule has 2 aromatic rings. The normalized spacial score (nSPS) is 9.93. The van der Waals surface area contributed by atoms with Crippen molar-refractivity contribution < 1.29 is 9.84 Å². The molecule has 2 heteroatoms. The molecular weight excluding hydrogens is 188 g/mol. The van der Waals surface area contributed by atoms with Crippen LogP contribution in [0.15, 0.2) is 48.5 Å². The quantitative estimate of drug-likeness (QED) is 0.807. The maximum absolute atomic E-state index is 9.34. The Morgan fingerprint density at radius 2 is 1.73 bits per heavy atom. The molecule has 0 saturated carbocycles. The molecule has 0 heterocycles. The summed E-state index contributed by atoms with van der Waals surface area (Å²) in [5.74, 6) is 0.896. The summed E-state index contributed by atoms with van der Waals surface area (Å²) in [4.78, 5) is 0. The molecule has 0 bridgehead atoms. The number of benzene rings is 2. The van der Waals surface area contributed by atoms with E-state index in [0.29, 0.717) is 5.75 Å². The second kappa shape index (κ2) is 4.05. The average Bonchev–Trinajstić information content (AvgIpc) is 2.30. The van der Waals surface area contributed by atoms with Crippen molar-refractivity contribution in [1.29, 1.82) is 0 Å². The van der Waals surface area contributed by atoms with Gasteiger partial charge in [0.05, 0.1) is 7.11 Å². The standard InChI is InChI=1S/C13H12O2/c1-15-13-9-11(14)7-8-12(13)10-5-3-2-4-6-10/h2-9,14H,1H3. The summed E-state index contributed by atoms with van der Waals surface area (Å²) in [7, 11) is 1.60. The van der Waals surface area contributed by atoms with Gasteiger partial charge in [0.2, 0.25) is 0 Å². The molecule has 2 rings (SSSR count). The Balaban J connectivity index is 2.53. The molecular formula is C13H12O2. The highest BCUT2D eigenvalue weighted by atomic mass is 16.5. The Kier molecular flexibility index (Phi) is 2.59. The maximum Gasteiger partial charge on any atom is 0.130 e. The van der Waals surface area contributed by atoms with Gasteiger partial charge in [0.1, 0.15) is 11.5 Å². The van der Waals surface area contributed by atoms with Gasteiger partial charge in [-0.25, -0.2) is 0 Å². The summed E-state index contributed by atoms with van der Waals surface area (Å²) in [5, 5.41) is 9.34. The van der Waals surface area contributed by atoms with E-state index in [1.807, 2.05) is 36.4 Å². The molecule has 0 radical (unpaired) electrons. The van der Waals surface area contributed by atoms with Gasteiger partial charge in [-0.1, -0.05) is 30.3 Å². The van der Waals surface area contributed by atoms with Crippen molar-refractivity contribution in [1.82, 2.24) is 0 Å². The average molecular weight is 200 g/mol. The summed E-state index contributed by atoms with van der Waals surface area (Å²) in [6, 6.07) is 15.1. The zero-order chi connectivity index (χ0) is 10.7. The van der Waals surface area contributed by atoms with Crippen LogP contribution in [0.3, 0.4) is 0 Å². The van der Waals surface area contributed by atoms with Crippen LogP contribution in [0.5, 0.6) is 11.5 Å². The van der Waals surface area contributed by atoms with Gasteiger partial charge >= 0.3 is 0 Å². The Labute approximate surface area is 88.8 Å². The van der Waals surface area contributed by atoms with Crippen LogP contribution in [0.25, 0.3) is 11.1 Å². The monoisotopic (exact) mass is 200 g/mol. The van der Waals surface area contributed by atoms with Crippen molar-refractivity contribution in [3.8, 4) is 22.6 Å². The van der Waals surface area contributed by atoms with Gasteiger partial charge in [0, 0.05) is 11.6 Å². The fraction of sp³-hybridized carbons (Fsp3) is 0.0769. The number of hydrogen-bond donors (Lipinski definition) is 1. The summed E-state index contributed by atoms with van der Waals surface area (Å²) in [5.41, 5.74) is 2.06. The smallest absolute Gasteiger partial charge is 0.130 e. The lowest BCUT2D eigenvalue weighted by Gasteiger charge is -2.08. The van der Waals surface area contributed by atoms with E-state index >= 15 is 0 Å². The van der Waals surface area contributed by atoms with E-state index in [-0.39, 0.29) is 5.75 Å². The molecule has 0 amide bonds. The van der Waals surface area contributed by atoms with E-state index in [4.69, 9.17) is 4.74 Å². The summed E-state index contributed by atoms with van der Waals surface area (Å²) >= 11 is 0. The molecule has 0 aliphatic carbocycles. The van der Waals surface area contributed by atoms with Gasteiger partial charge in [0.15, 0.2) is 0 Å². The van der Waals surface area contributed by atoms with Crippen molar-refractivity contribution in [3.05, 3.63) is 48.5 Å². The molecule has 0 fully saturated rings. The third-order valence-electron chi connectivity index (χ3n) is 2.27. The van der Waals surface area contributed by atoms with Crippen LogP contribution in [0.1, 0.15) is 0 Å². The molecule has 0 aliphatic heterocycles. The zero-order valence-electron chi connectivity index (χ0n) is 8.47. The first-order valence-corrected chi connectivity index (χ1v) is 4.73. The predicted molar refractivity (Wildman–Crippen MR) is 60.1 cm³/mol. The number of ether oxygens (including phenoxy) is 1. The third-order valence-corrected chi connectivity index (χ3v) is 2.27. The molecule has 76 valence electrons. The largest absolute Gasteiger partial charge is 0.508 e. The predicted octanol–water partition coefficient (Wildman–Crippen LogP) is 3.07. The molecule has 1 N–H and O–H groups in total. The van der Waals surface area contributed by atoms with E-state index in [2.05, 4.69) is 0 Å². The first-order valence-electron chi connectivity index (χ1n) is 4.73. The third kappa shape index (κ3) is 1.94. The minimum absolute atomic E-state index is 0.214. The van der Waals surface area contributed by atoms with Gasteiger partial charge in [-0.05, 0) is 17.7 Å². The van der Waals surface area contributed by atoms with Crippen molar-refractivity contribution in [2.75, 3.05) is 7.11 Å². The van der Waals surface area contributed by atoms with Gasteiger partial charge in [0.25, 0.3) is 0 Å². The van der Waals surface area contributed by atoms with Crippen molar-refractivity contribution in [3.63, 3.8) is 0 Å².